The molecule has 3 rings (SSSR count). The summed E-state index contributed by atoms with van der Waals surface area (Å²) in [6.45, 7) is 1.36. The van der Waals surface area contributed by atoms with Gasteiger partial charge in [0.25, 0.3) is 0 Å². The Bertz CT molecular complexity index is 880. The Morgan fingerprint density at radius 1 is 1.48 bits per heavy atom. The summed E-state index contributed by atoms with van der Waals surface area (Å²) in [7, 11) is 0. The highest BCUT2D eigenvalue weighted by molar-refractivity contribution is 5.65. The van der Waals surface area contributed by atoms with Crippen LogP contribution in [0.4, 0.5) is 10.6 Å². The van der Waals surface area contributed by atoms with Crippen molar-refractivity contribution in [3.63, 3.8) is 0 Å². The third-order valence-corrected chi connectivity index (χ3v) is 4.27. The van der Waals surface area contributed by atoms with E-state index in [1.807, 2.05) is 6.92 Å². The minimum absolute atomic E-state index is 0.157. The van der Waals surface area contributed by atoms with Crippen LogP contribution < -0.4 is 5.73 Å². The molecule has 1 aliphatic heterocycles. The van der Waals surface area contributed by atoms with E-state index < -0.39 is 36.7 Å². The van der Waals surface area contributed by atoms with Crippen LogP contribution in [0.3, 0.4) is 0 Å². The minimum Gasteiger partial charge on any atom is -0.434 e. The highest BCUT2D eigenvalue weighted by Gasteiger charge is 2.57. The first kappa shape index (κ1) is 18.8. The summed E-state index contributed by atoms with van der Waals surface area (Å²) < 4.78 is 16.7. The van der Waals surface area contributed by atoms with E-state index in [0.29, 0.717) is 17.6 Å². The molecular weight excluding hydrogens is 358 g/mol. The molecule has 0 spiro atoms. The number of aliphatic hydroxyl groups excluding tert-OH is 2. The Morgan fingerprint density at radius 3 is 2.96 bits per heavy atom. The molecule has 11 heteroatoms. The maximum absolute atomic E-state index is 11.5. The van der Waals surface area contributed by atoms with Gasteiger partial charge >= 0.3 is 6.16 Å². The van der Waals surface area contributed by atoms with E-state index >= 15 is 0 Å². The second kappa shape index (κ2) is 7.36. The van der Waals surface area contributed by atoms with Crippen molar-refractivity contribution < 1.29 is 29.2 Å². The fourth-order valence-electron chi connectivity index (χ4n) is 2.87. The van der Waals surface area contributed by atoms with E-state index in [9.17, 15) is 20.3 Å². The van der Waals surface area contributed by atoms with Crippen LogP contribution >= 0.6 is 0 Å². The Morgan fingerprint density at radius 2 is 2.26 bits per heavy atom. The number of fused-ring (bicyclic) bond motifs is 1. The van der Waals surface area contributed by atoms with Crippen LogP contribution in [-0.2, 0) is 14.2 Å². The molecule has 1 fully saturated rings. The molecule has 3 heterocycles. The van der Waals surface area contributed by atoms with Crippen LogP contribution in [-0.4, -0.2) is 62.0 Å². The highest BCUT2D eigenvalue weighted by atomic mass is 16.7. The van der Waals surface area contributed by atoms with E-state index in [1.54, 1.807) is 18.2 Å². The average molecular weight is 377 g/mol. The van der Waals surface area contributed by atoms with Crippen molar-refractivity contribution >= 4 is 17.5 Å². The van der Waals surface area contributed by atoms with Gasteiger partial charge in [0.1, 0.15) is 42.8 Å². The summed E-state index contributed by atoms with van der Waals surface area (Å²) >= 11 is 0. The summed E-state index contributed by atoms with van der Waals surface area (Å²) in [5.74, 6) is 0.220. The lowest BCUT2D eigenvalue weighted by molar-refractivity contribution is -0.0855. The van der Waals surface area contributed by atoms with Gasteiger partial charge in [-0.1, -0.05) is 6.92 Å². The molecule has 0 bridgehead atoms. The first-order valence-electron chi connectivity index (χ1n) is 8.26. The largest absolute Gasteiger partial charge is 0.508 e. The summed E-state index contributed by atoms with van der Waals surface area (Å²) in [4.78, 5) is 15.4. The molecule has 0 amide bonds. The van der Waals surface area contributed by atoms with Crippen LogP contribution in [0.25, 0.3) is 5.52 Å². The minimum atomic E-state index is -1.96. The Labute approximate surface area is 153 Å². The fraction of sp³-hybridized carbons (Fsp3) is 0.500. The molecule has 1 saturated heterocycles. The molecule has 11 nitrogen and oxygen atoms in total. The number of carbonyl (C=O) groups excluding carboxylic acids is 1. The third-order valence-electron chi connectivity index (χ3n) is 4.27. The molecule has 1 aliphatic rings. The molecule has 0 aliphatic carbocycles. The maximum atomic E-state index is 11.5. The van der Waals surface area contributed by atoms with E-state index in [-0.39, 0.29) is 12.4 Å². The molecule has 0 saturated carbocycles. The molecule has 0 aromatic carbocycles. The number of ether oxygens (including phenoxy) is 3. The van der Waals surface area contributed by atoms with E-state index in [1.165, 1.54) is 10.8 Å². The van der Waals surface area contributed by atoms with Gasteiger partial charge in [-0.3, -0.25) is 0 Å². The number of hydrogen-bond acceptors (Lipinski definition) is 10. The number of nitrogens with two attached hydrogens (primary N) is 1. The summed E-state index contributed by atoms with van der Waals surface area (Å²) in [6.07, 6.45) is -3.36. The number of aromatic nitrogens is 3. The van der Waals surface area contributed by atoms with E-state index in [2.05, 4.69) is 10.1 Å². The second-order valence-corrected chi connectivity index (χ2v) is 6.06. The molecule has 27 heavy (non-hydrogen) atoms. The first-order chi connectivity index (χ1) is 12.9. The summed E-state index contributed by atoms with van der Waals surface area (Å²) in [6, 6.07) is 5.00. The number of nitriles is 1. The molecule has 4 atom stereocenters. The standard InChI is InChI=1S/C16H19N5O6/c1-2-5-25-15(24)26-7-16(6-17)13(23)11(22)12(27-16)9-3-4-10-14(18)19-8-20-21(9)10/h3-4,8,11-13,22-23H,2,5,7H2,1H3,(H2,18,19,20)/t11-,12-,13-,16+/m0/s1. The van der Waals surface area contributed by atoms with Crippen molar-refractivity contribution in [2.24, 2.45) is 0 Å². The Hall–Kier alpha value is -2.94. The van der Waals surface area contributed by atoms with Crippen molar-refractivity contribution in [3.05, 3.63) is 24.2 Å². The first-order valence-corrected chi connectivity index (χ1v) is 8.26. The van der Waals surface area contributed by atoms with Crippen molar-refractivity contribution in [1.29, 1.82) is 5.26 Å². The zero-order valence-corrected chi connectivity index (χ0v) is 14.5. The third kappa shape index (κ3) is 3.25. The fourth-order valence-corrected chi connectivity index (χ4v) is 2.87. The molecule has 0 unspecified atom stereocenters. The Kier molecular flexibility index (Phi) is 5.13. The zero-order chi connectivity index (χ0) is 19.6. The average Bonchev–Trinajstić information content (AvgIpc) is 3.20. The smallest absolute Gasteiger partial charge is 0.434 e. The zero-order valence-electron chi connectivity index (χ0n) is 14.5. The molecule has 2 aromatic heterocycles. The van der Waals surface area contributed by atoms with Crippen molar-refractivity contribution in [2.75, 3.05) is 18.9 Å². The highest BCUT2D eigenvalue weighted by Crippen LogP contribution is 2.40. The van der Waals surface area contributed by atoms with Gasteiger partial charge in [-0.15, -0.1) is 0 Å². The molecule has 4 N–H and O–H groups in total. The predicted molar refractivity (Wildman–Crippen MR) is 89.2 cm³/mol. The van der Waals surface area contributed by atoms with Gasteiger partial charge in [0.15, 0.2) is 5.82 Å². The number of hydrogen-bond donors (Lipinski definition) is 3. The monoisotopic (exact) mass is 377 g/mol. The number of anilines is 1. The van der Waals surface area contributed by atoms with Crippen molar-refractivity contribution in [2.45, 2.75) is 37.3 Å². The van der Waals surface area contributed by atoms with E-state index in [0.717, 1.165) is 0 Å². The van der Waals surface area contributed by atoms with Gasteiger partial charge in [-0.25, -0.2) is 14.3 Å². The topological polar surface area (TPSA) is 165 Å². The van der Waals surface area contributed by atoms with E-state index in [4.69, 9.17) is 19.9 Å². The van der Waals surface area contributed by atoms with Gasteiger partial charge < -0.3 is 30.2 Å². The molecule has 2 aromatic rings. The molecule has 0 radical (unpaired) electrons. The molecular formula is C16H19N5O6. The number of nitrogen functional groups attached to an aromatic ring is 1. The SMILES string of the molecule is CCCOC(=O)OC[C@@]1(C#N)O[C@@H](c2ccc3c(N)ncnn23)[C@H](O)[C@@H]1O. The van der Waals surface area contributed by atoms with Crippen molar-refractivity contribution in [3.8, 4) is 6.07 Å². The lowest BCUT2D eigenvalue weighted by Crippen LogP contribution is -2.46. The Balaban J connectivity index is 1.84. The predicted octanol–water partition coefficient (Wildman–Crippen LogP) is -0.0698. The van der Waals surface area contributed by atoms with Crippen LogP contribution in [0, 0.1) is 11.3 Å². The van der Waals surface area contributed by atoms with Crippen LogP contribution in [0.5, 0.6) is 0 Å². The van der Waals surface area contributed by atoms with Gasteiger partial charge in [0.2, 0.25) is 5.60 Å². The quantitative estimate of drug-likeness (QED) is 0.600. The van der Waals surface area contributed by atoms with Gasteiger partial charge in [0.05, 0.1) is 12.3 Å². The normalized spacial score (nSPS) is 27.4. The van der Waals surface area contributed by atoms with Gasteiger partial charge in [-0.05, 0) is 18.6 Å². The number of aliphatic hydroxyl groups is 2. The number of carbonyl (C=O) groups is 1. The van der Waals surface area contributed by atoms with Crippen LogP contribution in [0.1, 0.15) is 25.1 Å². The lowest BCUT2D eigenvalue weighted by Gasteiger charge is -2.23. The maximum Gasteiger partial charge on any atom is 0.508 e. The lowest BCUT2D eigenvalue weighted by atomic mass is 9.96. The number of nitrogens with zero attached hydrogens (tertiary/aromatic N) is 4. The summed E-state index contributed by atoms with van der Waals surface area (Å²) in [5, 5.41) is 34.4. The van der Waals surface area contributed by atoms with Crippen LogP contribution in [0.15, 0.2) is 18.5 Å². The van der Waals surface area contributed by atoms with Crippen LogP contribution in [0.2, 0.25) is 0 Å². The molecule has 144 valence electrons. The summed E-state index contributed by atoms with van der Waals surface area (Å²) in [5.41, 5.74) is 4.66. The second-order valence-electron chi connectivity index (χ2n) is 6.06. The van der Waals surface area contributed by atoms with Gasteiger partial charge in [0, 0.05) is 0 Å². The number of rotatable bonds is 5. The van der Waals surface area contributed by atoms with Crippen molar-refractivity contribution in [1.82, 2.24) is 14.6 Å². The van der Waals surface area contributed by atoms with Gasteiger partial charge in [-0.2, -0.15) is 10.4 Å².